The molecule has 2 aliphatic rings. The van der Waals surface area contributed by atoms with E-state index in [1.807, 2.05) is 0 Å². The maximum absolute atomic E-state index is 3.92. The predicted molar refractivity (Wildman–Crippen MR) is 91.7 cm³/mol. The molecule has 112 valence electrons. The number of hydrogen-bond acceptors (Lipinski definition) is 0. The van der Waals surface area contributed by atoms with Gasteiger partial charge in [0, 0.05) is 0 Å². The van der Waals surface area contributed by atoms with Crippen molar-refractivity contribution in [2.75, 3.05) is 0 Å². The second-order valence-corrected chi connectivity index (χ2v) is 6.91. The summed E-state index contributed by atoms with van der Waals surface area (Å²) in [6.45, 7) is 15.2. The molecule has 1 unspecified atom stereocenters. The molecule has 0 heterocycles. The summed E-state index contributed by atoms with van der Waals surface area (Å²) < 4.78 is 0. The average Bonchev–Trinajstić information content (AvgIpc) is 2.40. The fourth-order valence-corrected chi connectivity index (χ4v) is 2.59. The van der Waals surface area contributed by atoms with Gasteiger partial charge in [-0.25, -0.2) is 0 Å². The van der Waals surface area contributed by atoms with Crippen LogP contribution in [0, 0.1) is 23.7 Å². The first-order valence-corrected chi connectivity index (χ1v) is 8.11. The van der Waals surface area contributed by atoms with Crippen LogP contribution in [0.25, 0.3) is 0 Å². The minimum Gasteiger partial charge on any atom is -0.0958 e. The van der Waals surface area contributed by atoms with Crippen LogP contribution in [0.15, 0.2) is 48.1 Å². The fourth-order valence-electron chi connectivity index (χ4n) is 2.59. The first kappa shape index (κ1) is 17.0. The summed E-state index contributed by atoms with van der Waals surface area (Å²) in [4.78, 5) is 0. The van der Waals surface area contributed by atoms with Crippen LogP contribution >= 0.6 is 0 Å². The van der Waals surface area contributed by atoms with Crippen molar-refractivity contribution in [3.8, 4) is 0 Å². The van der Waals surface area contributed by atoms with Gasteiger partial charge < -0.3 is 0 Å². The van der Waals surface area contributed by atoms with Crippen LogP contribution in [0.3, 0.4) is 0 Å². The smallest absolute Gasteiger partial charge is 0.0172 e. The Morgan fingerprint density at radius 2 is 1.60 bits per heavy atom. The molecule has 0 saturated heterocycles. The summed E-state index contributed by atoms with van der Waals surface area (Å²) in [5.41, 5.74) is 2.70. The highest BCUT2D eigenvalue weighted by Gasteiger charge is 2.12. The molecule has 2 rings (SSSR count). The Labute approximate surface area is 126 Å². The molecule has 0 radical (unpaired) electrons. The van der Waals surface area contributed by atoms with E-state index in [0.29, 0.717) is 0 Å². The number of hydrogen-bond donors (Lipinski definition) is 0. The van der Waals surface area contributed by atoms with Crippen molar-refractivity contribution in [3.05, 3.63) is 48.1 Å². The molecule has 0 saturated carbocycles. The molecule has 0 aromatic carbocycles. The first-order valence-electron chi connectivity index (χ1n) is 8.11. The molecule has 0 nitrogen and oxygen atoms in total. The molecule has 2 aliphatic carbocycles. The van der Waals surface area contributed by atoms with Crippen LogP contribution in [-0.2, 0) is 0 Å². The second kappa shape index (κ2) is 8.29. The van der Waals surface area contributed by atoms with E-state index in [2.05, 4.69) is 71.6 Å². The van der Waals surface area contributed by atoms with Gasteiger partial charge in [0.1, 0.15) is 0 Å². The van der Waals surface area contributed by atoms with E-state index >= 15 is 0 Å². The van der Waals surface area contributed by atoms with Gasteiger partial charge in [-0.15, -0.1) is 0 Å². The number of allylic oxidation sites excluding steroid dienone is 7. The van der Waals surface area contributed by atoms with Crippen LogP contribution in [0.2, 0.25) is 0 Å². The van der Waals surface area contributed by atoms with Gasteiger partial charge in [0.2, 0.25) is 0 Å². The highest BCUT2D eigenvalue weighted by molar-refractivity contribution is 5.21. The topological polar surface area (TPSA) is 0 Å². The zero-order valence-corrected chi connectivity index (χ0v) is 14.0. The Kier molecular flexibility index (Phi) is 7.05. The normalized spacial score (nSPS) is 25.6. The first-order chi connectivity index (χ1) is 9.40. The molecule has 0 amide bonds. The van der Waals surface area contributed by atoms with Gasteiger partial charge >= 0.3 is 0 Å². The number of rotatable bonds is 2. The Morgan fingerprint density at radius 3 is 2.00 bits per heavy atom. The minimum absolute atomic E-state index is 0.781. The van der Waals surface area contributed by atoms with Gasteiger partial charge in [-0.05, 0) is 49.9 Å². The van der Waals surface area contributed by atoms with Gasteiger partial charge in [-0.3, -0.25) is 0 Å². The minimum atomic E-state index is 0.781. The molecule has 0 aliphatic heterocycles. The van der Waals surface area contributed by atoms with E-state index in [4.69, 9.17) is 0 Å². The SMILES string of the molecule is C=C1C=CC(C(C)C)CC1.CC1=CC[C@@H](C(C)C)C=C1. The molecule has 0 fully saturated rings. The quantitative estimate of drug-likeness (QED) is 0.551. The third kappa shape index (κ3) is 5.94. The van der Waals surface area contributed by atoms with Crippen molar-refractivity contribution in [2.45, 2.75) is 53.9 Å². The Bertz CT molecular complexity index is 388. The van der Waals surface area contributed by atoms with Crippen molar-refractivity contribution in [3.63, 3.8) is 0 Å². The maximum Gasteiger partial charge on any atom is -0.0172 e. The van der Waals surface area contributed by atoms with Crippen molar-refractivity contribution in [1.82, 2.24) is 0 Å². The summed E-state index contributed by atoms with van der Waals surface area (Å²) in [5, 5.41) is 0. The predicted octanol–water partition coefficient (Wildman–Crippen LogP) is 6.33. The molecule has 0 heteroatoms. The lowest BCUT2D eigenvalue weighted by molar-refractivity contribution is 0.429. The van der Waals surface area contributed by atoms with Crippen LogP contribution in [0.4, 0.5) is 0 Å². The standard InChI is InChI=1S/2C10H16/c2*1-8(2)10-6-4-9(3)5-7-10/h4-6,8,10H,7H2,1-3H3;4,6,8,10H,3,5,7H2,1-2H3/t10-;/m0./s1. The van der Waals surface area contributed by atoms with Gasteiger partial charge in [-0.1, -0.05) is 75.8 Å². The van der Waals surface area contributed by atoms with E-state index in [9.17, 15) is 0 Å². The van der Waals surface area contributed by atoms with E-state index in [-0.39, 0.29) is 0 Å². The summed E-state index contributed by atoms with van der Waals surface area (Å²) in [5.74, 6) is 3.17. The van der Waals surface area contributed by atoms with Gasteiger partial charge in [0.05, 0.1) is 0 Å². The molecule has 0 bridgehead atoms. The van der Waals surface area contributed by atoms with Gasteiger partial charge in [0.25, 0.3) is 0 Å². The van der Waals surface area contributed by atoms with Crippen molar-refractivity contribution in [2.24, 2.45) is 23.7 Å². The lowest BCUT2D eigenvalue weighted by atomic mass is 9.85. The molecule has 0 aromatic rings. The van der Waals surface area contributed by atoms with E-state index in [0.717, 1.165) is 23.7 Å². The molecule has 20 heavy (non-hydrogen) atoms. The zero-order valence-electron chi connectivity index (χ0n) is 14.0. The maximum atomic E-state index is 3.92. The summed E-state index contributed by atoms with van der Waals surface area (Å²) in [7, 11) is 0. The lowest BCUT2D eigenvalue weighted by Gasteiger charge is -2.20. The summed E-state index contributed by atoms with van der Waals surface area (Å²) in [6, 6.07) is 0. The van der Waals surface area contributed by atoms with Crippen molar-refractivity contribution in [1.29, 1.82) is 0 Å². The van der Waals surface area contributed by atoms with Crippen LogP contribution in [0.5, 0.6) is 0 Å². The van der Waals surface area contributed by atoms with Crippen LogP contribution < -0.4 is 0 Å². The largest absolute Gasteiger partial charge is 0.0958 e. The molecule has 2 atom stereocenters. The second-order valence-electron chi connectivity index (χ2n) is 6.91. The summed E-state index contributed by atoms with van der Waals surface area (Å²) >= 11 is 0. The Morgan fingerprint density at radius 1 is 1.00 bits per heavy atom. The zero-order chi connectivity index (χ0) is 15.1. The molecule has 0 spiro atoms. The monoisotopic (exact) mass is 272 g/mol. The lowest BCUT2D eigenvalue weighted by Crippen LogP contribution is -2.08. The fraction of sp³-hybridized carbons (Fsp3) is 0.600. The highest BCUT2D eigenvalue weighted by Crippen LogP contribution is 2.26. The summed E-state index contributed by atoms with van der Waals surface area (Å²) in [6.07, 6.45) is 15.1. The molecular formula is C20H32. The van der Waals surface area contributed by atoms with E-state index in [1.54, 1.807) is 0 Å². The van der Waals surface area contributed by atoms with Crippen molar-refractivity contribution >= 4 is 0 Å². The average molecular weight is 272 g/mol. The molecule has 0 N–H and O–H groups in total. The molecular weight excluding hydrogens is 240 g/mol. The highest BCUT2D eigenvalue weighted by atomic mass is 14.2. The van der Waals surface area contributed by atoms with E-state index in [1.165, 1.54) is 30.4 Å². The Hall–Kier alpha value is -1.04. The van der Waals surface area contributed by atoms with Gasteiger partial charge in [0.15, 0.2) is 0 Å². The Balaban J connectivity index is 0.000000200. The van der Waals surface area contributed by atoms with Crippen LogP contribution in [-0.4, -0.2) is 0 Å². The molecule has 0 aromatic heterocycles. The van der Waals surface area contributed by atoms with Gasteiger partial charge in [-0.2, -0.15) is 0 Å². The van der Waals surface area contributed by atoms with Crippen LogP contribution in [0.1, 0.15) is 53.9 Å². The third-order valence-corrected chi connectivity index (χ3v) is 4.41. The van der Waals surface area contributed by atoms with Crippen molar-refractivity contribution < 1.29 is 0 Å². The third-order valence-electron chi connectivity index (χ3n) is 4.41. The van der Waals surface area contributed by atoms with E-state index < -0.39 is 0 Å².